The van der Waals surface area contributed by atoms with Crippen LogP contribution in [0.25, 0.3) is 0 Å². The van der Waals surface area contributed by atoms with E-state index in [1.54, 1.807) is 6.08 Å². The summed E-state index contributed by atoms with van der Waals surface area (Å²) in [7, 11) is 0. The number of hydrogen-bond acceptors (Lipinski definition) is 3. The molecule has 0 saturated heterocycles. The molecule has 0 aromatic rings. The lowest BCUT2D eigenvalue weighted by atomic mass is 10.0. The maximum Gasteiger partial charge on any atom is 0.0894 e. The van der Waals surface area contributed by atoms with Gasteiger partial charge in [0.15, 0.2) is 0 Å². The molecule has 0 aliphatic rings. The van der Waals surface area contributed by atoms with E-state index in [1.807, 2.05) is 6.08 Å². The second-order valence-corrected chi connectivity index (χ2v) is 6.21. The number of unbranched alkanes of at least 4 members (excludes halogenated alkanes) is 7. The minimum atomic E-state index is -0.721. The normalized spacial score (nSPS) is 15.1. The molecular formula is C17H35NO2. The molecule has 3 nitrogen and oxygen atoms in total. The molecule has 0 rings (SSSR count). The van der Waals surface area contributed by atoms with Crippen molar-refractivity contribution in [3.8, 4) is 0 Å². The molecule has 0 fully saturated rings. The van der Waals surface area contributed by atoms with E-state index in [2.05, 4.69) is 13.8 Å². The van der Waals surface area contributed by atoms with Crippen molar-refractivity contribution >= 4 is 0 Å². The fraction of sp³-hybridized carbons (Fsp3) is 0.882. The number of allylic oxidation sites excluding steroid dienone is 1. The van der Waals surface area contributed by atoms with E-state index >= 15 is 0 Å². The van der Waals surface area contributed by atoms with Crippen LogP contribution in [0.15, 0.2) is 12.2 Å². The zero-order valence-electron chi connectivity index (χ0n) is 13.4. The smallest absolute Gasteiger partial charge is 0.0894 e. The summed E-state index contributed by atoms with van der Waals surface area (Å²) in [5.41, 5.74) is 5.50. The summed E-state index contributed by atoms with van der Waals surface area (Å²) >= 11 is 0. The lowest BCUT2D eigenvalue weighted by molar-refractivity contribution is 0.144. The van der Waals surface area contributed by atoms with E-state index in [-0.39, 0.29) is 6.61 Å². The lowest BCUT2D eigenvalue weighted by Gasteiger charge is -2.11. The van der Waals surface area contributed by atoms with E-state index in [0.29, 0.717) is 0 Å². The van der Waals surface area contributed by atoms with Crippen molar-refractivity contribution in [2.24, 2.45) is 11.7 Å². The van der Waals surface area contributed by atoms with Crippen molar-refractivity contribution in [2.45, 2.75) is 83.8 Å². The molecule has 0 aromatic heterocycles. The predicted octanol–water partition coefficient (Wildman–Crippen LogP) is 3.39. The molecule has 0 aliphatic carbocycles. The minimum absolute atomic E-state index is 0.178. The van der Waals surface area contributed by atoms with Crippen LogP contribution in [0.2, 0.25) is 0 Å². The number of aliphatic hydroxyl groups excluding tert-OH is 2. The third kappa shape index (κ3) is 12.6. The highest BCUT2D eigenvalue weighted by molar-refractivity contribution is 4.93. The molecule has 3 heteroatoms. The van der Waals surface area contributed by atoms with Gasteiger partial charge in [-0.15, -0.1) is 0 Å². The second kappa shape index (κ2) is 13.6. The summed E-state index contributed by atoms with van der Waals surface area (Å²) in [6, 6.07) is -0.558. The largest absolute Gasteiger partial charge is 0.395 e. The average molecular weight is 285 g/mol. The van der Waals surface area contributed by atoms with Gasteiger partial charge in [0.25, 0.3) is 0 Å². The topological polar surface area (TPSA) is 66.5 Å². The molecule has 120 valence electrons. The van der Waals surface area contributed by atoms with Crippen molar-refractivity contribution in [3.63, 3.8) is 0 Å². The number of hydrogen-bond donors (Lipinski definition) is 3. The Balaban J connectivity index is 3.26. The molecule has 0 aliphatic heterocycles. The second-order valence-electron chi connectivity index (χ2n) is 6.21. The number of aliphatic hydroxyl groups is 2. The molecule has 4 N–H and O–H groups in total. The third-order valence-electron chi connectivity index (χ3n) is 3.64. The summed E-state index contributed by atoms with van der Waals surface area (Å²) < 4.78 is 0. The summed E-state index contributed by atoms with van der Waals surface area (Å²) in [5, 5.41) is 18.3. The van der Waals surface area contributed by atoms with Crippen molar-refractivity contribution in [1.29, 1.82) is 0 Å². The van der Waals surface area contributed by atoms with Crippen LogP contribution in [0.4, 0.5) is 0 Å². The average Bonchev–Trinajstić information content (AvgIpc) is 2.43. The molecule has 0 radical (unpaired) electrons. The SMILES string of the molecule is CC(C)CCCCCCCCC/C=C/[C@@H](O)[C@@H](N)CO. The van der Waals surface area contributed by atoms with Crippen LogP contribution in [-0.2, 0) is 0 Å². The van der Waals surface area contributed by atoms with E-state index in [1.165, 1.54) is 51.4 Å². The highest BCUT2D eigenvalue weighted by Gasteiger charge is 2.08. The van der Waals surface area contributed by atoms with Crippen LogP contribution in [0.1, 0.15) is 71.6 Å². The highest BCUT2D eigenvalue weighted by Crippen LogP contribution is 2.12. The minimum Gasteiger partial charge on any atom is -0.395 e. The van der Waals surface area contributed by atoms with E-state index in [0.717, 1.165) is 12.3 Å². The van der Waals surface area contributed by atoms with Gasteiger partial charge < -0.3 is 15.9 Å². The van der Waals surface area contributed by atoms with E-state index in [4.69, 9.17) is 10.8 Å². The third-order valence-corrected chi connectivity index (χ3v) is 3.64. The lowest BCUT2D eigenvalue weighted by Crippen LogP contribution is -2.36. The first-order valence-corrected chi connectivity index (χ1v) is 8.29. The van der Waals surface area contributed by atoms with Gasteiger partial charge in [-0.2, -0.15) is 0 Å². The molecule has 0 saturated carbocycles. The van der Waals surface area contributed by atoms with Crippen LogP contribution in [-0.4, -0.2) is 29.0 Å². The van der Waals surface area contributed by atoms with Gasteiger partial charge in [0.2, 0.25) is 0 Å². The zero-order valence-corrected chi connectivity index (χ0v) is 13.4. The Morgan fingerprint density at radius 1 is 0.950 bits per heavy atom. The van der Waals surface area contributed by atoms with Crippen molar-refractivity contribution in [3.05, 3.63) is 12.2 Å². The van der Waals surface area contributed by atoms with Gasteiger partial charge in [-0.1, -0.05) is 70.9 Å². The summed E-state index contributed by atoms with van der Waals surface area (Å²) in [6.07, 6.45) is 14.5. The zero-order chi connectivity index (χ0) is 15.2. The standard InChI is InChI=1S/C17H35NO2/c1-15(2)12-10-8-6-4-3-5-7-9-11-13-17(20)16(18)14-19/h11,13,15-17,19-20H,3-10,12,14,18H2,1-2H3/b13-11+/t16-,17+/m0/s1. The Bertz CT molecular complexity index is 229. The van der Waals surface area contributed by atoms with Gasteiger partial charge in [-0.05, 0) is 18.8 Å². The molecule has 0 heterocycles. The maximum absolute atomic E-state index is 9.51. The van der Waals surface area contributed by atoms with Crippen molar-refractivity contribution in [1.82, 2.24) is 0 Å². The van der Waals surface area contributed by atoms with E-state index < -0.39 is 12.1 Å². The van der Waals surface area contributed by atoms with Gasteiger partial charge in [0.05, 0.1) is 18.8 Å². The molecule has 0 unspecified atom stereocenters. The van der Waals surface area contributed by atoms with Crippen LogP contribution in [0.3, 0.4) is 0 Å². The first kappa shape index (κ1) is 19.6. The molecule has 0 spiro atoms. The van der Waals surface area contributed by atoms with Gasteiger partial charge in [-0.25, -0.2) is 0 Å². The van der Waals surface area contributed by atoms with Crippen molar-refractivity contribution < 1.29 is 10.2 Å². The summed E-state index contributed by atoms with van der Waals surface area (Å²) in [4.78, 5) is 0. The molecular weight excluding hydrogens is 250 g/mol. The van der Waals surface area contributed by atoms with Crippen LogP contribution >= 0.6 is 0 Å². The predicted molar refractivity (Wildman–Crippen MR) is 86.6 cm³/mol. The van der Waals surface area contributed by atoms with Crippen molar-refractivity contribution in [2.75, 3.05) is 6.61 Å². The molecule has 20 heavy (non-hydrogen) atoms. The van der Waals surface area contributed by atoms with Gasteiger partial charge in [0.1, 0.15) is 0 Å². The quantitative estimate of drug-likeness (QED) is 0.359. The van der Waals surface area contributed by atoms with Gasteiger partial charge >= 0.3 is 0 Å². The first-order valence-electron chi connectivity index (χ1n) is 8.29. The molecule has 0 bridgehead atoms. The first-order chi connectivity index (χ1) is 9.57. The summed E-state index contributed by atoms with van der Waals surface area (Å²) in [5.74, 6) is 0.844. The maximum atomic E-state index is 9.51. The molecule has 0 aromatic carbocycles. The van der Waals surface area contributed by atoms with E-state index in [9.17, 15) is 5.11 Å². The number of rotatable bonds is 13. The van der Waals surface area contributed by atoms with Gasteiger partial charge in [-0.3, -0.25) is 0 Å². The molecule has 2 atom stereocenters. The number of nitrogens with two attached hydrogens (primary N) is 1. The van der Waals surface area contributed by atoms with Crippen LogP contribution in [0.5, 0.6) is 0 Å². The van der Waals surface area contributed by atoms with Crippen LogP contribution < -0.4 is 5.73 Å². The Hall–Kier alpha value is -0.380. The Morgan fingerprint density at radius 2 is 1.50 bits per heavy atom. The fourth-order valence-corrected chi connectivity index (χ4v) is 2.19. The Kier molecular flexibility index (Phi) is 13.3. The monoisotopic (exact) mass is 285 g/mol. The highest BCUT2D eigenvalue weighted by atomic mass is 16.3. The van der Waals surface area contributed by atoms with Crippen LogP contribution in [0, 0.1) is 5.92 Å². The Morgan fingerprint density at radius 3 is 2.05 bits per heavy atom. The molecule has 0 amide bonds. The fourth-order valence-electron chi connectivity index (χ4n) is 2.19. The Labute approximate surface area is 125 Å². The summed E-state index contributed by atoms with van der Waals surface area (Å²) in [6.45, 7) is 4.40. The van der Waals surface area contributed by atoms with Gasteiger partial charge in [0, 0.05) is 0 Å².